The van der Waals surface area contributed by atoms with Crippen molar-refractivity contribution in [1.82, 2.24) is 0 Å². The fraction of sp³-hybridized carbons (Fsp3) is 0.900. The molecule has 0 aromatic heterocycles. The van der Waals surface area contributed by atoms with Crippen molar-refractivity contribution >= 4 is 21.7 Å². The predicted molar refractivity (Wildman–Crippen MR) is 50.2 cm³/mol. The molecule has 3 rings (SSSR count). The minimum Gasteiger partial charge on any atom is -0.299 e. The average Bonchev–Trinajstić information content (AvgIpc) is 2.23. The Balaban J connectivity index is 2.00. The molecule has 0 radical (unpaired) electrons. The van der Waals surface area contributed by atoms with Crippen LogP contribution in [0.3, 0.4) is 0 Å². The molecular formula is C10H13BrO. The zero-order valence-corrected chi connectivity index (χ0v) is 8.59. The van der Waals surface area contributed by atoms with Gasteiger partial charge >= 0.3 is 0 Å². The predicted octanol–water partition coefficient (Wildman–Crippen LogP) is 2.39. The first kappa shape index (κ1) is 7.54. The number of rotatable bonds is 0. The lowest BCUT2D eigenvalue weighted by Crippen LogP contribution is -2.31. The van der Waals surface area contributed by atoms with Gasteiger partial charge in [0.1, 0.15) is 5.78 Å². The van der Waals surface area contributed by atoms with Crippen molar-refractivity contribution in [2.45, 2.75) is 30.5 Å². The van der Waals surface area contributed by atoms with Crippen LogP contribution in [0, 0.1) is 23.7 Å². The Morgan fingerprint density at radius 1 is 1.17 bits per heavy atom. The fourth-order valence-corrected chi connectivity index (χ4v) is 4.62. The van der Waals surface area contributed by atoms with Crippen LogP contribution in [-0.4, -0.2) is 10.6 Å². The van der Waals surface area contributed by atoms with Crippen LogP contribution >= 0.6 is 15.9 Å². The maximum Gasteiger partial charge on any atom is 0.136 e. The molecule has 0 unspecified atom stereocenters. The first-order valence-corrected chi connectivity index (χ1v) is 5.84. The Kier molecular flexibility index (Phi) is 1.47. The molecule has 0 N–H and O–H groups in total. The molecule has 0 amide bonds. The molecule has 3 aliphatic carbocycles. The molecule has 0 saturated heterocycles. The van der Waals surface area contributed by atoms with E-state index in [0.717, 1.165) is 18.3 Å². The van der Waals surface area contributed by atoms with Crippen molar-refractivity contribution in [3.05, 3.63) is 0 Å². The first-order valence-electron chi connectivity index (χ1n) is 4.92. The Labute approximate surface area is 81.0 Å². The van der Waals surface area contributed by atoms with Crippen molar-refractivity contribution in [2.75, 3.05) is 0 Å². The van der Waals surface area contributed by atoms with Gasteiger partial charge in [0.05, 0.1) is 0 Å². The molecular weight excluding hydrogens is 216 g/mol. The Bertz CT molecular complexity index is 236. The van der Waals surface area contributed by atoms with Gasteiger partial charge in [0.2, 0.25) is 0 Å². The van der Waals surface area contributed by atoms with Crippen LogP contribution in [0.1, 0.15) is 25.7 Å². The third-order valence-corrected chi connectivity index (χ3v) is 5.56. The second-order valence-electron chi connectivity index (χ2n) is 4.70. The van der Waals surface area contributed by atoms with E-state index in [1.54, 1.807) is 0 Å². The number of halogens is 1. The van der Waals surface area contributed by atoms with E-state index in [-0.39, 0.29) is 0 Å². The summed E-state index contributed by atoms with van der Waals surface area (Å²) in [5, 5.41) is 0. The van der Waals surface area contributed by atoms with Crippen molar-refractivity contribution in [3.8, 4) is 0 Å². The maximum atomic E-state index is 11.6. The number of hydrogen-bond donors (Lipinski definition) is 0. The highest BCUT2D eigenvalue weighted by atomic mass is 79.9. The number of carbonyl (C=O) groups excluding carboxylic acids is 1. The van der Waals surface area contributed by atoms with Gasteiger partial charge in [-0.2, -0.15) is 0 Å². The van der Waals surface area contributed by atoms with Crippen molar-refractivity contribution in [2.24, 2.45) is 23.7 Å². The van der Waals surface area contributed by atoms with Crippen molar-refractivity contribution in [3.63, 3.8) is 0 Å². The largest absolute Gasteiger partial charge is 0.299 e. The number of carbonyl (C=O) groups is 1. The molecule has 3 fully saturated rings. The lowest BCUT2D eigenvalue weighted by Gasteiger charge is -2.32. The standard InChI is InChI=1S/C10H13BrO/c11-10-7-2-5-1-6(3-7)9(12)4-8(5)10/h5-8,10H,1-4H2/t5-,6+,7-,8-,10-/m0/s1. The Morgan fingerprint density at radius 2 is 1.92 bits per heavy atom. The molecule has 3 bridgehead atoms. The highest BCUT2D eigenvalue weighted by Crippen LogP contribution is 2.56. The van der Waals surface area contributed by atoms with Crippen LogP contribution < -0.4 is 0 Å². The summed E-state index contributed by atoms with van der Waals surface area (Å²) in [5.74, 6) is 3.41. The fourth-order valence-electron chi connectivity index (χ4n) is 3.57. The minimum absolute atomic E-state index is 0.451. The Morgan fingerprint density at radius 3 is 2.75 bits per heavy atom. The molecule has 5 atom stereocenters. The number of hydrogen-bond acceptors (Lipinski definition) is 1. The van der Waals surface area contributed by atoms with E-state index in [1.807, 2.05) is 0 Å². The SMILES string of the molecule is O=C1C[C@H]2[C@H]3C[C@@H]1C[C@H](C3)[C@@H]2Br. The second-order valence-corrected chi connectivity index (χ2v) is 5.76. The highest BCUT2D eigenvalue weighted by molar-refractivity contribution is 9.09. The molecule has 0 aromatic carbocycles. The van der Waals surface area contributed by atoms with Crippen LogP contribution in [0.5, 0.6) is 0 Å². The molecule has 2 heteroatoms. The van der Waals surface area contributed by atoms with Gasteiger partial charge in [-0.3, -0.25) is 4.79 Å². The summed E-state index contributed by atoms with van der Waals surface area (Å²) in [5.41, 5.74) is 0. The number of alkyl halides is 1. The summed E-state index contributed by atoms with van der Waals surface area (Å²) in [7, 11) is 0. The van der Waals surface area contributed by atoms with E-state index in [2.05, 4.69) is 15.9 Å². The summed E-state index contributed by atoms with van der Waals surface area (Å²) in [6, 6.07) is 0. The third kappa shape index (κ3) is 0.822. The number of Topliss-reactive ketones (excluding diaryl/α,β-unsaturated/α-hetero) is 1. The molecule has 0 aromatic rings. The van der Waals surface area contributed by atoms with Gasteiger partial charge in [-0.05, 0) is 37.0 Å². The molecule has 66 valence electrons. The smallest absolute Gasteiger partial charge is 0.136 e. The molecule has 0 spiro atoms. The van der Waals surface area contributed by atoms with Gasteiger partial charge in [0, 0.05) is 17.2 Å². The quantitative estimate of drug-likeness (QED) is 0.583. The van der Waals surface area contributed by atoms with Gasteiger partial charge in [-0.15, -0.1) is 0 Å². The van der Waals surface area contributed by atoms with Crippen LogP contribution in [0.4, 0.5) is 0 Å². The monoisotopic (exact) mass is 228 g/mol. The topological polar surface area (TPSA) is 17.1 Å². The first-order chi connectivity index (χ1) is 5.75. The lowest BCUT2D eigenvalue weighted by molar-refractivity contribution is -0.127. The second kappa shape index (κ2) is 2.34. The third-order valence-electron chi connectivity index (χ3n) is 4.14. The van der Waals surface area contributed by atoms with Crippen molar-refractivity contribution in [1.29, 1.82) is 0 Å². The maximum absolute atomic E-state index is 11.6. The average molecular weight is 229 g/mol. The number of fused-ring (bicyclic) bond motifs is 2. The van der Waals surface area contributed by atoms with E-state index in [9.17, 15) is 4.79 Å². The van der Waals surface area contributed by atoms with Gasteiger partial charge in [-0.25, -0.2) is 0 Å². The Hall–Kier alpha value is 0.150. The highest BCUT2D eigenvalue weighted by Gasteiger charge is 2.52. The van der Waals surface area contributed by atoms with Gasteiger partial charge < -0.3 is 0 Å². The summed E-state index contributed by atoms with van der Waals surface area (Å²) in [4.78, 5) is 12.2. The van der Waals surface area contributed by atoms with Crippen LogP contribution in [0.25, 0.3) is 0 Å². The molecule has 3 saturated carbocycles. The minimum atomic E-state index is 0.451. The molecule has 12 heavy (non-hydrogen) atoms. The van der Waals surface area contributed by atoms with E-state index >= 15 is 0 Å². The van der Waals surface area contributed by atoms with Gasteiger partial charge in [-0.1, -0.05) is 15.9 Å². The summed E-state index contributed by atoms with van der Waals surface area (Å²) in [6.45, 7) is 0. The zero-order valence-electron chi connectivity index (χ0n) is 7.00. The number of ketones is 1. The molecule has 0 aliphatic heterocycles. The van der Waals surface area contributed by atoms with Crippen LogP contribution in [-0.2, 0) is 4.79 Å². The zero-order chi connectivity index (χ0) is 8.29. The molecule has 0 heterocycles. The summed E-state index contributed by atoms with van der Waals surface area (Å²) in [6.07, 6.45) is 4.66. The van der Waals surface area contributed by atoms with Crippen LogP contribution in [0.2, 0.25) is 0 Å². The summed E-state index contributed by atoms with van der Waals surface area (Å²) < 4.78 is 0. The van der Waals surface area contributed by atoms with Gasteiger partial charge in [0.25, 0.3) is 0 Å². The van der Waals surface area contributed by atoms with Gasteiger partial charge in [0.15, 0.2) is 0 Å². The van der Waals surface area contributed by atoms with Crippen LogP contribution in [0.15, 0.2) is 0 Å². The van der Waals surface area contributed by atoms with Crippen molar-refractivity contribution < 1.29 is 4.79 Å². The lowest BCUT2D eigenvalue weighted by atomic mass is 9.71. The van der Waals surface area contributed by atoms with E-state index in [1.165, 1.54) is 19.3 Å². The summed E-state index contributed by atoms with van der Waals surface area (Å²) >= 11 is 3.77. The molecule has 3 aliphatic rings. The van der Waals surface area contributed by atoms with E-state index in [4.69, 9.17) is 0 Å². The van der Waals surface area contributed by atoms with E-state index in [0.29, 0.717) is 22.4 Å². The van der Waals surface area contributed by atoms with E-state index < -0.39 is 0 Å². The normalized spacial score (nSPS) is 56.4. The molecule has 1 nitrogen and oxygen atoms in total.